The second-order valence-electron chi connectivity index (χ2n) is 2.11. The van der Waals surface area contributed by atoms with Gasteiger partial charge in [-0.25, -0.2) is 4.79 Å². The molecular formula is C7H8BrNO3. The molecule has 0 N–H and O–H groups in total. The van der Waals surface area contributed by atoms with E-state index in [1.54, 1.807) is 0 Å². The number of aromatic nitrogens is 1. The van der Waals surface area contributed by atoms with Gasteiger partial charge in [-0.1, -0.05) is 12.1 Å². The van der Waals surface area contributed by atoms with Gasteiger partial charge in [0.15, 0.2) is 5.76 Å². The van der Waals surface area contributed by atoms with Gasteiger partial charge < -0.3 is 9.26 Å². The van der Waals surface area contributed by atoms with Crippen molar-refractivity contribution in [1.82, 2.24) is 5.16 Å². The van der Waals surface area contributed by atoms with Crippen LogP contribution in [-0.4, -0.2) is 18.2 Å². The smallest absolute Gasteiger partial charge is 0.361 e. The summed E-state index contributed by atoms with van der Waals surface area (Å²) in [4.78, 5) is 11.0. The Kier molecular flexibility index (Phi) is 2.86. The lowest BCUT2D eigenvalue weighted by molar-refractivity contribution is 0.0588. The van der Waals surface area contributed by atoms with Crippen molar-refractivity contribution in [3.63, 3.8) is 0 Å². The minimum Gasteiger partial charge on any atom is -0.464 e. The Morgan fingerprint density at radius 1 is 1.75 bits per heavy atom. The third kappa shape index (κ3) is 1.50. The van der Waals surface area contributed by atoms with Crippen LogP contribution in [0.3, 0.4) is 0 Å². The van der Waals surface area contributed by atoms with Gasteiger partial charge in [0.2, 0.25) is 5.69 Å². The van der Waals surface area contributed by atoms with Crippen molar-refractivity contribution in [2.45, 2.75) is 13.3 Å². The molecule has 0 bridgehead atoms. The van der Waals surface area contributed by atoms with Crippen LogP contribution < -0.4 is 0 Å². The normalized spacial score (nSPS) is 9.92. The SMILES string of the molecule is CCc1onc(C(=O)OC)c1Br. The molecule has 12 heavy (non-hydrogen) atoms. The predicted molar refractivity (Wildman–Crippen MR) is 44.9 cm³/mol. The number of hydrogen-bond acceptors (Lipinski definition) is 4. The van der Waals surface area contributed by atoms with Gasteiger partial charge in [-0.05, 0) is 15.9 Å². The van der Waals surface area contributed by atoms with Crippen LogP contribution in [0.4, 0.5) is 0 Å². The second-order valence-corrected chi connectivity index (χ2v) is 2.91. The molecule has 0 aliphatic carbocycles. The van der Waals surface area contributed by atoms with Gasteiger partial charge in [0.25, 0.3) is 0 Å². The van der Waals surface area contributed by atoms with E-state index in [0.29, 0.717) is 16.7 Å². The van der Waals surface area contributed by atoms with E-state index < -0.39 is 5.97 Å². The van der Waals surface area contributed by atoms with E-state index in [2.05, 4.69) is 25.8 Å². The summed E-state index contributed by atoms with van der Waals surface area (Å²) in [6, 6.07) is 0. The van der Waals surface area contributed by atoms with Gasteiger partial charge in [0, 0.05) is 6.42 Å². The van der Waals surface area contributed by atoms with Crippen LogP contribution in [0.2, 0.25) is 0 Å². The highest BCUT2D eigenvalue weighted by Crippen LogP contribution is 2.22. The van der Waals surface area contributed by atoms with Gasteiger partial charge in [-0.15, -0.1) is 0 Å². The molecule has 5 heteroatoms. The van der Waals surface area contributed by atoms with Gasteiger partial charge >= 0.3 is 5.97 Å². The predicted octanol–water partition coefficient (Wildman–Crippen LogP) is 1.79. The molecule has 66 valence electrons. The molecule has 0 atom stereocenters. The van der Waals surface area contributed by atoms with E-state index in [9.17, 15) is 4.79 Å². The summed E-state index contributed by atoms with van der Waals surface area (Å²) < 4.78 is 9.93. The van der Waals surface area contributed by atoms with E-state index >= 15 is 0 Å². The summed E-state index contributed by atoms with van der Waals surface area (Å²) in [5.41, 5.74) is 0.189. The molecule has 1 aromatic heterocycles. The van der Waals surface area contributed by atoms with E-state index in [1.807, 2.05) is 6.92 Å². The molecular weight excluding hydrogens is 226 g/mol. The lowest BCUT2D eigenvalue weighted by atomic mass is 10.3. The number of methoxy groups -OCH3 is 1. The van der Waals surface area contributed by atoms with Crippen LogP contribution >= 0.6 is 15.9 Å². The average Bonchev–Trinajstić information content (AvgIpc) is 2.45. The maximum Gasteiger partial charge on any atom is 0.361 e. The Hall–Kier alpha value is -0.840. The first-order chi connectivity index (χ1) is 5.70. The number of nitrogens with zero attached hydrogens (tertiary/aromatic N) is 1. The largest absolute Gasteiger partial charge is 0.464 e. The first-order valence-electron chi connectivity index (χ1n) is 3.43. The third-order valence-corrected chi connectivity index (χ3v) is 2.22. The van der Waals surface area contributed by atoms with Crippen molar-refractivity contribution in [3.8, 4) is 0 Å². The molecule has 0 radical (unpaired) electrons. The standard InChI is InChI=1S/C7H8BrNO3/c1-3-4-5(8)6(9-12-4)7(10)11-2/h3H2,1-2H3. The summed E-state index contributed by atoms with van der Waals surface area (Å²) in [6.07, 6.45) is 0.685. The van der Waals surface area contributed by atoms with E-state index in [-0.39, 0.29) is 5.69 Å². The zero-order valence-corrected chi connectivity index (χ0v) is 8.34. The number of halogens is 1. The molecule has 0 fully saturated rings. The van der Waals surface area contributed by atoms with Crippen LogP contribution in [0.15, 0.2) is 9.00 Å². The molecule has 0 aromatic carbocycles. The van der Waals surface area contributed by atoms with Crippen molar-refractivity contribution in [3.05, 3.63) is 15.9 Å². The van der Waals surface area contributed by atoms with Gasteiger partial charge in [-0.2, -0.15) is 0 Å². The van der Waals surface area contributed by atoms with E-state index in [1.165, 1.54) is 7.11 Å². The fraction of sp³-hybridized carbons (Fsp3) is 0.429. The number of esters is 1. The van der Waals surface area contributed by atoms with Crippen molar-refractivity contribution in [2.24, 2.45) is 0 Å². The molecule has 1 heterocycles. The highest BCUT2D eigenvalue weighted by Gasteiger charge is 2.18. The Morgan fingerprint density at radius 3 is 2.83 bits per heavy atom. The Morgan fingerprint density at radius 2 is 2.42 bits per heavy atom. The molecule has 0 spiro atoms. The minimum atomic E-state index is -0.495. The molecule has 4 nitrogen and oxygen atoms in total. The van der Waals surface area contributed by atoms with Crippen LogP contribution in [0, 0.1) is 0 Å². The number of aryl methyl sites for hydroxylation is 1. The van der Waals surface area contributed by atoms with Crippen LogP contribution in [0.25, 0.3) is 0 Å². The quantitative estimate of drug-likeness (QED) is 0.732. The Bertz CT molecular complexity index is 295. The summed E-state index contributed by atoms with van der Waals surface area (Å²) in [5.74, 6) is 0.153. The zero-order chi connectivity index (χ0) is 9.14. The van der Waals surface area contributed by atoms with Gasteiger partial charge in [0.05, 0.1) is 11.6 Å². The Balaban J connectivity index is 3.02. The van der Waals surface area contributed by atoms with E-state index in [0.717, 1.165) is 0 Å². The van der Waals surface area contributed by atoms with Crippen molar-refractivity contribution in [1.29, 1.82) is 0 Å². The summed E-state index contributed by atoms with van der Waals surface area (Å²) in [6.45, 7) is 1.91. The number of hydrogen-bond donors (Lipinski definition) is 0. The van der Waals surface area contributed by atoms with Crippen LogP contribution in [0.5, 0.6) is 0 Å². The van der Waals surface area contributed by atoms with Crippen molar-refractivity contribution in [2.75, 3.05) is 7.11 Å². The number of carbonyl (C=O) groups is 1. The second kappa shape index (κ2) is 3.71. The molecule has 0 aliphatic heterocycles. The highest BCUT2D eigenvalue weighted by atomic mass is 79.9. The number of carbonyl (C=O) groups excluding carboxylic acids is 1. The highest BCUT2D eigenvalue weighted by molar-refractivity contribution is 9.10. The minimum absolute atomic E-state index is 0.189. The molecule has 0 unspecified atom stereocenters. The molecule has 0 saturated carbocycles. The molecule has 1 aromatic rings. The maximum absolute atomic E-state index is 11.0. The van der Waals surface area contributed by atoms with Crippen molar-refractivity contribution >= 4 is 21.9 Å². The van der Waals surface area contributed by atoms with Crippen LogP contribution in [-0.2, 0) is 11.2 Å². The topological polar surface area (TPSA) is 52.3 Å². The lowest BCUT2D eigenvalue weighted by Crippen LogP contribution is -2.01. The van der Waals surface area contributed by atoms with Gasteiger partial charge in [0.1, 0.15) is 0 Å². The monoisotopic (exact) mass is 233 g/mol. The molecule has 0 aliphatic rings. The van der Waals surface area contributed by atoms with Crippen molar-refractivity contribution < 1.29 is 14.1 Å². The summed E-state index contributed by atoms with van der Waals surface area (Å²) >= 11 is 3.20. The molecule has 0 saturated heterocycles. The van der Waals surface area contributed by atoms with Crippen LogP contribution in [0.1, 0.15) is 23.2 Å². The first-order valence-corrected chi connectivity index (χ1v) is 4.22. The third-order valence-electron chi connectivity index (χ3n) is 1.40. The van der Waals surface area contributed by atoms with Gasteiger partial charge in [-0.3, -0.25) is 0 Å². The number of ether oxygens (including phenoxy) is 1. The van der Waals surface area contributed by atoms with E-state index in [4.69, 9.17) is 4.52 Å². The summed E-state index contributed by atoms with van der Waals surface area (Å²) in [5, 5.41) is 3.56. The lowest BCUT2D eigenvalue weighted by Gasteiger charge is -1.92. The Labute approximate surface area is 78.0 Å². The molecule has 0 amide bonds. The maximum atomic E-state index is 11.0. The fourth-order valence-electron chi connectivity index (χ4n) is 0.756. The zero-order valence-electron chi connectivity index (χ0n) is 6.76. The summed E-state index contributed by atoms with van der Waals surface area (Å²) in [7, 11) is 1.30. The first kappa shape index (κ1) is 9.25. The fourth-order valence-corrected chi connectivity index (χ4v) is 1.34. The average molecular weight is 234 g/mol. The number of rotatable bonds is 2. The molecule has 1 rings (SSSR count).